The topological polar surface area (TPSA) is 52.5 Å². The zero-order valence-electron chi connectivity index (χ0n) is 9.63. The van der Waals surface area contributed by atoms with Gasteiger partial charge < -0.3 is 15.5 Å². The summed E-state index contributed by atoms with van der Waals surface area (Å²) in [5, 5.41) is 21.6. The van der Waals surface area contributed by atoms with Crippen LogP contribution in [-0.4, -0.2) is 35.5 Å². The third-order valence-corrected chi connectivity index (χ3v) is 2.26. The van der Waals surface area contributed by atoms with Crippen molar-refractivity contribution in [1.29, 1.82) is 0 Å². The summed E-state index contributed by atoms with van der Waals surface area (Å²) in [6.45, 7) is 2.71. The molecule has 0 bridgehead atoms. The van der Waals surface area contributed by atoms with Gasteiger partial charge in [-0.1, -0.05) is 30.3 Å². The van der Waals surface area contributed by atoms with Crippen molar-refractivity contribution in [3.8, 4) is 0 Å². The van der Waals surface area contributed by atoms with Crippen LogP contribution in [0.3, 0.4) is 0 Å². The lowest BCUT2D eigenvalue weighted by molar-refractivity contribution is 0.169. The van der Waals surface area contributed by atoms with Crippen LogP contribution in [0.25, 0.3) is 0 Å². The van der Waals surface area contributed by atoms with Gasteiger partial charge in [-0.05, 0) is 25.3 Å². The Morgan fingerprint density at radius 2 is 1.88 bits per heavy atom. The third kappa shape index (κ3) is 5.85. The van der Waals surface area contributed by atoms with Crippen LogP contribution in [0.15, 0.2) is 30.3 Å². The molecule has 0 saturated heterocycles. The van der Waals surface area contributed by atoms with Gasteiger partial charge in [0, 0.05) is 13.1 Å². The molecule has 0 spiro atoms. The molecule has 3 nitrogen and oxygen atoms in total. The summed E-state index contributed by atoms with van der Waals surface area (Å²) in [4.78, 5) is 0. The predicted octanol–water partition coefficient (Wildman–Crippen LogP) is 0.765. The maximum Gasteiger partial charge on any atom is 0.0699 e. The Labute approximate surface area is 97.1 Å². The van der Waals surface area contributed by atoms with E-state index in [0.717, 1.165) is 6.42 Å². The SMILES string of the molecule is CC(O)CNC[C@H](O)[CH]Cc1ccccc1. The van der Waals surface area contributed by atoms with Crippen molar-refractivity contribution in [3.63, 3.8) is 0 Å². The molecule has 0 aliphatic rings. The van der Waals surface area contributed by atoms with Crippen molar-refractivity contribution in [3.05, 3.63) is 42.3 Å². The van der Waals surface area contributed by atoms with E-state index in [1.807, 2.05) is 36.8 Å². The molecule has 0 heterocycles. The molecule has 0 amide bonds. The molecule has 1 aromatic carbocycles. The maximum atomic E-state index is 9.62. The Hall–Kier alpha value is -0.900. The highest BCUT2D eigenvalue weighted by molar-refractivity contribution is 5.16. The molecule has 3 N–H and O–H groups in total. The second kappa shape index (κ2) is 7.39. The lowest BCUT2D eigenvalue weighted by Gasteiger charge is -2.12. The van der Waals surface area contributed by atoms with Crippen LogP contribution < -0.4 is 5.32 Å². The van der Waals surface area contributed by atoms with Crippen molar-refractivity contribution in [2.45, 2.75) is 25.6 Å². The van der Waals surface area contributed by atoms with E-state index < -0.39 is 6.10 Å². The van der Waals surface area contributed by atoms with Crippen molar-refractivity contribution in [2.24, 2.45) is 0 Å². The summed E-state index contributed by atoms with van der Waals surface area (Å²) >= 11 is 0. The number of hydrogen-bond acceptors (Lipinski definition) is 3. The highest BCUT2D eigenvalue weighted by Crippen LogP contribution is 2.03. The number of hydrogen-bond donors (Lipinski definition) is 3. The van der Waals surface area contributed by atoms with E-state index in [0.29, 0.717) is 13.1 Å². The average molecular weight is 222 g/mol. The Kier molecular flexibility index (Phi) is 6.08. The standard InChI is InChI=1S/C13H20NO2/c1-11(15)9-14-10-13(16)8-7-12-5-3-2-4-6-12/h2-6,8,11,13-16H,7,9-10H2,1H3/t11?,13-/m1/s1. The number of aliphatic hydroxyl groups excluding tert-OH is 2. The normalized spacial score (nSPS) is 14.7. The second-order valence-electron chi connectivity index (χ2n) is 4.00. The number of rotatable bonds is 7. The zero-order chi connectivity index (χ0) is 11.8. The first kappa shape index (κ1) is 13.2. The average Bonchev–Trinajstić information content (AvgIpc) is 2.27. The molecule has 0 fully saturated rings. The van der Waals surface area contributed by atoms with Crippen LogP contribution in [0, 0.1) is 6.42 Å². The molecular formula is C13H20NO2. The minimum atomic E-state index is -0.473. The van der Waals surface area contributed by atoms with Crippen LogP contribution in [-0.2, 0) is 6.42 Å². The van der Waals surface area contributed by atoms with Gasteiger partial charge in [-0.3, -0.25) is 0 Å². The Morgan fingerprint density at radius 1 is 1.19 bits per heavy atom. The fourth-order valence-corrected chi connectivity index (χ4v) is 1.41. The van der Waals surface area contributed by atoms with E-state index in [2.05, 4.69) is 5.32 Å². The number of benzene rings is 1. The minimum absolute atomic E-state index is 0.374. The molecule has 2 atom stereocenters. The molecule has 0 saturated carbocycles. The molecule has 0 aliphatic heterocycles. The first-order valence-electron chi connectivity index (χ1n) is 5.62. The first-order valence-corrected chi connectivity index (χ1v) is 5.62. The highest BCUT2D eigenvalue weighted by atomic mass is 16.3. The molecule has 0 aliphatic carbocycles. The fourth-order valence-electron chi connectivity index (χ4n) is 1.41. The van der Waals surface area contributed by atoms with Crippen LogP contribution in [0.1, 0.15) is 12.5 Å². The molecular weight excluding hydrogens is 202 g/mol. The van der Waals surface area contributed by atoms with Gasteiger partial charge in [-0.25, -0.2) is 0 Å². The van der Waals surface area contributed by atoms with Crippen LogP contribution in [0.4, 0.5) is 0 Å². The van der Waals surface area contributed by atoms with Gasteiger partial charge in [0.1, 0.15) is 0 Å². The molecule has 3 heteroatoms. The fraction of sp³-hybridized carbons (Fsp3) is 0.462. The molecule has 1 radical (unpaired) electrons. The van der Waals surface area contributed by atoms with Gasteiger partial charge in [-0.15, -0.1) is 0 Å². The van der Waals surface area contributed by atoms with Gasteiger partial charge >= 0.3 is 0 Å². The van der Waals surface area contributed by atoms with Gasteiger partial charge in [0.2, 0.25) is 0 Å². The second-order valence-corrected chi connectivity index (χ2v) is 4.00. The molecule has 1 rings (SSSR count). The minimum Gasteiger partial charge on any atom is -0.392 e. The first-order chi connectivity index (χ1) is 7.68. The maximum absolute atomic E-state index is 9.62. The Morgan fingerprint density at radius 3 is 2.50 bits per heavy atom. The molecule has 0 aromatic heterocycles. The number of nitrogens with one attached hydrogen (secondary N) is 1. The van der Waals surface area contributed by atoms with Crippen molar-refractivity contribution < 1.29 is 10.2 Å². The van der Waals surface area contributed by atoms with Gasteiger partial charge in [-0.2, -0.15) is 0 Å². The summed E-state index contributed by atoms with van der Waals surface area (Å²) in [6.07, 6.45) is 1.78. The molecule has 1 aromatic rings. The summed E-state index contributed by atoms with van der Waals surface area (Å²) < 4.78 is 0. The van der Waals surface area contributed by atoms with E-state index in [-0.39, 0.29) is 6.10 Å². The summed E-state index contributed by atoms with van der Waals surface area (Å²) in [5.74, 6) is 0. The smallest absolute Gasteiger partial charge is 0.0699 e. The van der Waals surface area contributed by atoms with Crippen LogP contribution in [0.5, 0.6) is 0 Å². The zero-order valence-corrected chi connectivity index (χ0v) is 9.63. The van der Waals surface area contributed by atoms with E-state index in [1.165, 1.54) is 5.56 Å². The Balaban J connectivity index is 2.13. The van der Waals surface area contributed by atoms with Crippen LogP contribution in [0.2, 0.25) is 0 Å². The monoisotopic (exact) mass is 222 g/mol. The van der Waals surface area contributed by atoms with Crippen molar-refractivity contribution in [1.82, 2.24) is 5.32 Å². The molecule has 89 valence electrons. The van der Waals surface area contributed by atoms with E-state index in [9.17, 15) is 5.11 Å². The summed E-state index contributed by atoms with van der Waals surface area (Å²) in [5.41, 5.74) is 1.19. The predicted molar refractivity (Wildman–Crippen MR) is 65.0 cm³/mol. The summed E-state index contributed by atoms with van der Waals surface area (Å²) in [7, 11) is 0. The number of aliphatic hydroxyl groups is 2. The van der Waals surface area contributed by atoms with Gasteiger partial charge in [0.25, 0.3) is 0 Å². The lowest BCUT2D eigenvalue weighted by atomic mass is 10.1. The van der Waals surface area contributed by atoms with Crippen molar-refractivity contribution >= 4 is 0 Å². The third-order valence-electron chi connectivity index (χ3n) is 2.26. The quantitative estimate of drug-likeness (QED) is 0.638. The van der Waals surface area contributed by atoms with E-state index in [1.54, 1.807) is 6.92 Å². The van der Waals surface area contributed by atoms with Crippen LogP contribution >= 0.6 is 0 Å². The van der Waals surface area contributed by atoms with E-state index >= 15 is 0 Å². The summed E-state index contributed by atoms with van der Waals surface area (Å²) in [6, 6.07) is 10.0. The van der Waals surface area contributed by atoms with Crippen molar-refractivity contribution in [2.75, 3.05) is 13.1 Å². The highest BCUT2D eigenvalue weighted by Gasteiger charge is 2.05. The lowest BCUT2D eigenvalue weighted by Crippen LogP contribution is -2.32. The molecule has 1 unspecified atom stereocenters. The van der Waals surface area contributed by atoms with E-state index in [4.69, 9.17) is 5.11 Å². The largest absolute Gasteiger partial charge is 0.392 e. The van der Waals surface area contributed by atoms with Gasteiger partial charge in [0.15, 0.2) is 0 Å². The molecule has 16 heavy (non-hydrogen) atoms. The Bertz CT molecular complexity index is 275. The van der Waals surface area contributed by atoms with Gasteiger partial charge in [0.05, 0.1) is 12.2 Å².